The van der Waals surface area contributed by atoms with Crippen LogP contribution in [-0.2, 0) is 13.2 Å². The summed E-state index contributed by atoms with van der Waals surface area (Å²) in [6, 6.07) is 9.01. The van der Waals surface area contributed by atoms with Gasteiger partial charge in [0.1, 0.15) is 36.3 Å². The zero-order valence-electron chi connectivity index (χ0n) is 21.7. The predicted molar refractivity (Wildman–Crippen MR) is 138 cm³/mol. The maximum atomic E-state index is 14.1. The SMILES string of the molecule is C[C@@H]1[C@@H](O)C[C@H](C)N2CN1n1cc(C(=O)NCc3c(F)cc(F)cc3F)c(=O)c(OCc3ccccc3)c1C2=O. The van der Waals surface area contributed by atoms with Crippen LogP contribution in [0.15, 0.2) is 53.5 Å². The highest BCUT2D eigenvalue weighted by atomic mass is 19.1. The van der Waals surface area contributed by atoms with Crippen LogP contribution >= 0.6 is 0 Å². The number of amides is 2. The van der Waals surface area contributed by atoms with Gasteiger partial charge in [0.05, 0.1) is 12.1 Å². The Balaban J connectivity index is 1.58. The summed E-state index contributed by atoms with van der Waals surface area (Å²) in [5, 5.41) is 14.7. The molecule has 2 bridgehead atoms. The first kappa shape index (κ1) is 27.3. The van der Waals surface area contributed by atoms with E-state index in [1.54, 1.807) is 49.2 Å². The Bertz CT molecular complexity index is 1510. The van der Waals surface area contributed by atoms with Gasteiger partial charge >= 0.3 is 0 Å². The monoisotopic (exact) mass is 556 g/mol. The summed E-state index contributed by atoms with van der Waals surface area (Å²) < 4.78 is 48.8. The fourth-order valence-corrected chi connectivity index (χ4v) is 4.97. The number of benzene rings is 2. The third kappa shape index (κ3) is 4.90. The number of nitrogens with one attached hydrogen (secondary N) is 1. The first-order chi connectivity index (χ1) is 19.1. The van der Waals surface area contributed by atoms with Crippen LogP contribution in [-0.4, -0.2) is 51.4 Å². The first-order valence-electron chi connectivity index (χ1n) is 12.7. The molecule has 12 heteroatoms. The number of rotatable bonds is 6. The van der Waals surface area contributed by atoms with E-state index in [2.05, 4.69) is 5.32 Å². The van der Waals surface area contributed by atoms with Gasteiger partial charge in [0.2, 0.25) is 5.43 Å². The lowest BCUT2D eigenvalue weighted by molar-refractivity contribution is 0.0616. The number of fused-ring (bicyclic) bond motifs is 4. The van der Waals surface area contributed by atoms with E-state index < -0.39 is 64.5 Å². The summed E-state index contributed by atoms with van der Waals surface area (Å²) in [5.41, 5.74) is -1.33. The zero-order chi connectivity index (χ0) is 28.7. The zero-order valence-corrected chi connectivity index (χ0v) is 21.7. The molecule has 3 heterocycles. The number of nitrogens with zero attached hydrogens (tertiary/aromatic N) is 3. The molecule has 2 aliphatic heterocycles. The van der Waals surface area contributed by atoms with E-state index in [9.17, 15) is 32.7 Å². The van der Waals surface area contributed by atoms with Gasteiger partial charge in [-0.15, -0.1) is 0 Å². The Morgan fingerprint density at radius 2 is 1.77 bits per heavy atom. The Hall–Kier alpha value is -4.32. The number of pyridine rings is 1. The lowest BCUT2D eigenvalue weighted by Gasteiger charge is -2.42. The molecule has 0 saturated carbocycles. The number of ether oxygens (including phenoxy) is 1. The van der Waals surface area contributed by atoms with Gasteiger partial charge in [-0.25, -0.2) is 13.2 Å². The summed E-state index contributed by atoms with van der Waals surface area (Å²) in [6.45, 7) is 2.88. The third-order valence-electron chi connectivity index (χ3n) is 7.33. The van der Waals surface area contributed by atoms with Crippen LogP contribution in [0.3, 0.4) is 0 Å². The minimum atomic E-state index is -1.20. The van der Waals surface area contributed by atoms with E-state index in [0.717, 1.165) is 6.20 Å². The molecule has 3 atom stereocenters. The van der Waals surface area contributed by atoms with Gasteiger partial charge in [0.15, 0.2) is 11.4 Å². The summed E-state index contributed by atoms with van der Waals surface area (Å²) in [7, 11) is 0. The average molecular weight is 557 g/mol. The van der Waals surface area contributed by atoms with Crippen molar-refractivity contribution in [1.29, 1.82) is 0 Å². The van der Waals surface area contributed by atoms with E-state index >= 15 is 0 Å². The normalized spacial score (nSPS) is 20.1. The third-order valence-corrected chi connectivity index (χ3v) is 7.33. The second-order valence-corrected chi connectivity index (χ2v) is 9.95. The second kappa shape index (κ2) is 10.7. The van der Waals surface area contributed by atoms with E-state index in [1.165, 1.54) is 9.58 Å². The quantitative estimate of drug-likeness (QED) is 0.484. The minimum absolute atomic E-state index is 0.0822. The van der Waals surface area contributed by atoms with Gasteiger partial charge in [0.25, 0.3) is 11.8 Å². The fourth-order valence-electron chi connectivity index (χ4n) is 4.97. The van der Waals surface area contributed by atoms with Crippen molar-refractivity contribution in [3.8, 4) is 5.75 Å². The van der Waals surface area contributed by atoms with Crippen molar-refractivity contribution in [2.75, 3.05) is 11.7 Å². The fraction of sp³-hybridized carbons (Fsp3) is 0.321. The summed E-state index contributed by atoms with van der Waals surface area (Å²) >= 11 is 0. The standard InChI is InChI=1S/C28H27F3N4O5/c1-15-8-23(36)16(2)35-14-33(15)28(39)24-26(40-13-17-6-4-3-5-7-17)25(37)20(12-34(24)35)27(38)32-11-19-21(30)9-18(29)10-22(19)31/h3-7,9-10,12,15-16,23,36H,8,11,13-14H2,1-2H3,(H,32,38)/t15-,16+,23-/m0/s1. The van der Waals surface area contributed by atoms with Gasteiger partial charge in [-0.3, -0.25) is 24.1 Å². The highest BCUT2D eigenvalue weighted by Crippen LogP contribution is 2.30. The number of hydrogen-bond donors (Lipinski definition) is 2. The van der Waals surface area contributed by atoms with Gasteiger partial charge in [-0.05, 0) is 25.8 Å². The van der Waals surface area contributed by atoms with Crippen molar-refractivity contribution in [2.24, 2.45) is 0 Å². The van der Waals surface area contributed by atoms with Crippen molar-refractivity contribution in [3.63, 3.8) is 0 Å². The molecule has 0 unspecified atom stereocenters. The molecule has 9 nitrogen and oxygen atoms in total. The molecular weight excluding hydrogens is 529 g/mol. The van der Waals surface area contributed by atoms with E-state index in [4.69, 9.17) is 4.74 Å². The lowest BCUT2D eigenvalue weighted by atomic mass is 10.1. The number of carbonyl (C=O) groups excluding carboxylic acids is 2. The van der Waals surface area contributed by atoms with Crippen LogP contribution in [0.5, 0.6) is 5.75 Å². The molecule has 40 heavy (non-hydrogen) atoms. The van der Waals surface area contributed by atoms with Crippen molar-refractivity contribution in [1.82, 2.24) is 14.9 Å². The summed E-state index contributed by atoms with van der Waals surface area (Å²) in [6.07, 6.45) is 0.632. The Labute approximate surface area is 227 Å². The maximum Gasteiger partial charge on any atom is 0.278 e. The van der Waals surface area contributed by atoms with Crippen molar-refractivity contribution in [3.05, 3.63) is 98.7 Å². The van der Waals surface area contributed by atoms with Crippen LogP contribution in [0.25, 0.3) is 0 Å². The number of aliphatic hydroxyl groups is 1. The van der Waals surface area contributed by atoms with Gasteiger partial charge in [0, 0.05) is 36.5 Å². The molecule has 5 rings (SSSR count). The molecule has 0 aliphatic carbocycles. The van der Waals surface area contributed by atoms with Crippen LogP contribution in [0, 0.1) is 17.5 Å². The summed E-state index contributed by atoms with van der Waals surface area (Å²) in [5.74, 6) is -5.36. The van der Waals surface area contributed by atoms with Crippen LogP contribution < -0.4 is 20.5 Å². The topological polar surface area (TPSA) is 104 Å². The van der Waals surface area contributed by atoms with E-state index in [0.29, 0.717) is 24.1 Å². The predicted octanol–water partition coefficient (Wildman–Crippen LogP) is 2.67. The first-order valence-corrected chi connectivity index (χ1v) is 12.7. The van der Waals surface area contributed by atoms with Gasteiger partial charge in [-0.2, -0.15) is 0 Å². The van der Waals surface area contributed by atoms with Crippen LogP contribution in [0.4, 0.5) is 13.2 Å². The lowest BCUT2D eigenvalue weighted by Crippen LogP contribution is -2.58. The molecule has 0 spiro atoms. The smallest absolute Gasteiger partial charge is 0.278 e. The molecule has 2 amide bonds. The Morgan fingerprint density at radius 1 is 1.10 bits per heavy atom. The van der Waals surface area contributed by atoms with Crippen LogP contribution in [0.2, 0.25) is 0 Å². The van der Waals surface area contributed by atoms with Gasteiger partial charge < -0.3 is 20.1 Å². The minimum Gasteiger partial charge on any atom is -0.482 e. The number of halogens is 3. The molecule has 0 radical (unpaired) electrons. The van der Waals surface area contributed by atoms with E-state index in [1.807, 2.05) is 0 Å². The molecule has 1 aromatic heterocycles. The molecule has 2 aliphatic rings. The molecule has 1 saturated heterocycles. The number of hydrogen-bond acceptors (Lipinski definition) is 6. The highest BCUT2D eigenvalue weighted by molar-refractivity contribution is 5.99. The van der Waals surface area contributed by atoms with Crippen molar-refractivity contribution < 1.29 is 32.6 Å². The Kier molecular flexibility index (Phi) is 7.28. The second-order valence-electron chi connectivity index (χ2n) is 9.95. The van der Waals surface area contributed by atoms with Gasteiger partial charge in [-0.1, -0.05) is 30.3 Å². The number of carbonyl (C=O) groups is 2. The largest absolute Gasteiger partial charge is 0.482 e. The molecular formula is C28H27F3N4O5. The molecule has 2 aromatic carbocycles. The average Bonchev–Trinajstić information content (AvgIpc) is 3.01. The molecule has 210 valence electrons. The number of aliphatic hydroxyl groups excluding tert-OH is 1. The van der Waals surface area contributed by atoms with E-state index in [-0.39, 0.29) is 30.8 Å². The Morgan fingerprint density at radius 3 is 2.45 bits per heavy atom. The molecule has 1 fully saturated rings. The van der Waals surface area contributed by atoms with Crippen molar-refractivity contribution in [2.45, 2.75) is 51.6 Å². The maximum absolute atomic E-state index is 14.1. The highest BCUT2D eigenvalue weighted by Gasteiger charge is 2.43. The molecule has 2 N–H and O–H groups in total. The van der Waals surface area contributed by atoms with Crippen molar-refractivity contribution >= 4 is 11.8 Å². The summed E-state index contributed by atoms with van der Waals surface area (Å²) in [4.78, 5) is 42.0. The molecule has 3 aromatic rings. The number of aromatic nitrogens is 1. The van der Waals surface area contributed by atoms with Crippen LogP contribution in [0.1, 0.15) is 52.2 Å².